The molecule has 0 saturated heterocycles. The van der Waals surface area contributed by atoms with Crippen LogP contribution in [0.1, 0.15) is 31.1 Å². The van der Waals surface area contributed by atoms with Crippen molar-refractivity contribution < 1.29 is 23.1 Å². The van der Waals surface area contributed by atoms with Gasteiger partial charge in [-0.15, -0.1) is 0 Å². The van der Waals surface area contributed by atoms with Crippen molar-refractivity contribution in [1.29, 1.82) is 0 Å². The molecule has 0 aromatic heterocycles. The quantitative estimate of drug-likeness (QED) is 0.907. The molecule has 1 rings (SSSR count). The Morgan fingerprint density at radius 3 is 2.24 bits per heavy atom. The Morgan fingerprint density at radius 2 is 1.81 bits per heavy atom. The Hall–Kier alpha value is -1.89. The average molecular weight is 313 g/mol. The normalized spacial score (nSPS) is 12.0. The second-order valence-electron chi connectivity index (χ2n) is 5.76. The summed E-state index contributed by atoms with van der Waals surface area (Å²) < 4.78 is 23.1. The van der Waals surface area contributed by atoms with Crippen LogP contribution in [0.3, 0.4) is 0 Å². The number of aliphatic carboxylic acids is 1. The summed E-state index contributed by atoms with van der Waals surface area (Å²) in [5.41, 5.74) is -0.551. The lowest BCUT2D eigenvalue weighted by atomic mass is 10.0. The minimum atomic E-state index is -3.43. The van der Waals surface area contributed by atoms with E-state index in [1.54, 1.807) is 20.8 Å². The fourth-order valence-corrected chi connectivity index (χ4v) is 2.43. The zero-order valence-electron chi connectivity index (χ0n) is 12.5. The molecule has 116 valence electrons. The Labute approximate surface area is 124 Å². The molecule has 0 aliphatic rings. The van der Waals surface area contributed by atoms with Gasteiger partial charge in [0.15, 0.2) is 9.84 Å². The highest BCUT2D eigenvalue weighted by Crippen LogP contribution is 2.19. The highest BCUT2D eigenvalue weighted by molar-refractivity contribution is 7.90. The van der Waals surface area contributed by atoms with E-state index in [9.17, 15) is 18.0 Å². The standard InChI is InChI=1S/C14H19NO5S/c1-14(2,3)15(9-12(16)17)13(18)10-6-5-7-11(8-10)21(4,19)20/h5-8H,9H2,1-4H3,(H,16,17). The van der Waals surface area contributed by atoms with Gasteiger partial charge in [0.25, 0.3) is 5.91 Å². The summed E-state index contributed by atoms with van der Waals surface area (Å²) in [5.74, 6) is -1.65. The molecule has 1 N–H and O–H groups in total. The monoisotopic (exact) mass is 313 g/mol. The average Bonchev–Trinajstić information content (AvgIpc) is 2.33. The molecule has 0 unspecified atom stereocenters. The summed E-state index contributed by atoms with van der Waals surface area (Å²) in [4.78, 5) is 24.6. The third-order valence-electron chi connectivity index (χ3n) is 2.86. The van der Waals surface area contributed by atoms with E-state index in [4.69, 9.17) is 5.11 Å². The minimum absolute atomic E-state index is 0.0255. The minimum Gasteiger partial charge on any atom is -0.480 e. The number of amides is 1. The van der Waals surface area contributed by atoms with Crippen LogP contribution in [0.15, 0.2) is 29.2 Å². The van der Waals surface area contributed by atoms with Gasteiger partial charge in [0.05, 0.1) is 4.90 Å². The van der Waals surface area contributed by atoms with Gasteiger partial charge < -0.3 is 10.0 Å². The molecule has 0 bridgehead atoms. The number of hydrogen-bond acceptors (Lipinski definition) is 4. The van der Waals surface area contributed by atoms with Gasteiger partial charge in [0.1, 0.15) is 6.54 Å². The molecule has 7 heteroatoms. The third kappa shape index (κ3) is 4.56. The number of carboxylic acid groups (broad SMARTS) is 1. The molecule has 1 aromatic rings. The second kappa shape index (κ2) is 5.85. The Morgan fingerprint density at radius 1 is 1.24 bits per heavy atom. The molecule has 1 amide bonds. The van der Waals surface area contributed by atoms with Gasteiger partial charge in [-0.25, -0.2) is 8.42 Å². The first kappa shape index (κ1) is 17.2. The van der Waals surface area contributed by atoms with Gasteiger partial charge in [-0.2, -0.15) is 0 Å². The van der Waals surface area contributed by atoms with Crippen LogP contribution < -0.4 is 0 Å². The Kier molecular flexibility index (Phi) is 4.78. The van der Waals surface area contributed by atoms with Gasteiger partial charge in [-0.05, 0) is 39.0 Å². The summed E-state index contributed by atoms with van der Waals surface area (Å²) in [6.07, 6.45) is 1.05. The Balaban J connectivity index is 3.25. The maximum atomic E-state index is 12.5. The van der Waals surface area contributed by atoms with Crippen molar-refractivity contribution in [3.8, 4) is 0 Å². The molecule has 0 aliphatic heterocycles. The van der Waals surface area contributed by atoms with Gasteiger partial charge in [0, 0.05) is 17.4 Å². The first-order valence-corrected chi connectivity index (χ1v) is 8.16. The van der Waals surface area contributed by atoms with E-state index in [0.29, 0.717) is 0 Å². The number of benzene rings is 1. The van der Waals surface area contributed by atoms with Gasteiger partial charge in [-0.1, -0.05) is 6.07 Å². The highest BCUT2D eigenvalue weighted by atomic mass is 32.2. The molecule has 0 fully saturated rings. The largest absolute Gasteiger partial charge is 0.480 e. The summed E-state index contributed by atoms with van der Waals surface area (Å²) >= 11 is 0. The molecule has 0 spiro atoms. The van der Waals surface area contributed by atoms with Crippen LogP contribution in [-0.2, 0) is 14.6 Å². The van der Waals surface area contributed by atoms with Crippen LogP contribution in [-0.4, -0.2) is 48.6 Å². The number of carboxylic acids is 1. The van der Waals surface area contributed by atoms with E-state index in [-0.39, 0.29) is 10.5 Å². The predicted octanol–water partition coefficient (Wildman–Crippen LogP) is 1.42. The number of rotatable bonds is 4. The lowest BCUT2D eigenvalue weighted by molar-refractivity contribution is -0.138. The van der Waals surface area contributed by atoms with E-state index in [0.717, 1.165) is 6.26 Å². The van der Waals surface area contributed by atoms with Crippen molar-refractivity contribution in [2.75, 3.05) is 12.8 Å². The number of carbonyl (C=O) groups excluding carboxylic acids is 1. The fourth-order valence-electron chi connectivity index (χ4n) is 1.76. The Bertz CT molecular complexity index is 658. The zero-order valence-corrected chi connectivity index (χ0v) is 13.3. The summed E-state index contributed by atoms with van der Waals surface area (Å²) in [6, 6.07) is 5.59. The molecule has 1 aromatic carbocycles. The van der Waals surface area contributed by atoms with Crippen LogP contribution in [0.2, 0.25) is 0 Å². The smallest absolute Gasteiger partial charge is 0.323 e. The lowest BCUT2D eigenvalue weighted by Gasteiger charge is -2.34. The van der Waals surface area contributed by atoms with Crippen molar-refractivity contribution in [3.05, 3.63) is 29.8 Å². The molecule has 21 heavy (non-hydrogen) atoms. The second-order valence-corrected chi connectivity index (χ2v) is 7.77. The molecule has 0 atom stereocenters. The molecule has 0 heterocycles. The van der Waals surface area contributed by atoms with Crippen LogP contribution in [0.5, 0.6) is 0 Å². The van der Waals surface area contributed by atoms with Gasteiger partial charge >= 0.3 is 5.97 Å². The summed E-state index contributed by atoms with van der Waals surface area (Å²) in [7, 11) is -3.43. The van der Waals surface area contributed by atoms with Gasteiger partial charge in [0.2, 0.25) is 0 Å². The number of hydrogen-bond donors (Lipinski definition) is 1. The van der Waals surface area contributed by atoms with Crippen molar-refractivity contribution in [2.24, 2.45) is 0 Å². The third-order valence-corrected chi connectivity index (χ3v) is 3.97. The topological polar surface area (TPSA) is 91.8 Å². The van der Waals surface area contributed by atoms with Crippen LogP contribution >= 0.6 is 0 Å². The van der Waals surface area contributed by atoms with Crippen molar-refractivity contribution in [3.63, 3.8) is 0 Å². The van der Waals surface area contributed by atoms with Crippen molar-refractivity contribution in [2.45, 2.75) is 31.2 Å². The van der Waals surface area contributed by atoms with E-state index in [2.05, 4.69) is 0 Å². The molecular formula is C14H19NO5S. The van der Waals surface area contributed by atoms with E-state index >= 15 is 0 Å². The zero-order chi connectivity index (χ0) is 16.4. The van der Waals surface area contributed by atoms with Crippen LogP contribution in [0.25, 0.3) is 0 Å². The SMILES string of the molecule is CC(C)(C)N(CC(=O)O)C(=O)c1cccc(S(C)(=O)=O)c1. The maximum absolute atomic E-state index is 12.5. The molecular weight excluding hydrogens is 294 g/mol. The van der Waals surface area contributed by atoms with E-state index < -0.39 is 33.8 Å². The van der Waals surface area contributed by atoms with Crippen molar-refractivity contribution in [1.82, 2.24) is 4.90 Å². The number of sulfone groups is 1. The summed E-state index contributed by atoms with van der Waals surface area (Å²) in [5, 5.41) is 8.94. The molecule has 0 saturated carbocycles. The van der Waals surface area contributed by atoms with Gasteiger partial charge in [-0.3, -0.25) is 9.59 Å². The summed E-state index contributed by atoms with van der Waals surface area (Å²) in [6.45, 7) is 4.70. The maximum Gasteiger partial charge on any atom is 0.323 e. The molecule has 0 radical (unpaired) electrons. The van der Waals surface area contributed by atoms with E-state index in [1.807, 2.05) is 0 Å². The number of nitrogens with zero attached hydrogens (tertiary/aromatic N) is 1. The van der Waals surface area contributed by atoms with Crippen molar-refractivity contribution >= 4 is 21.7 Å². The van der Waals surface area contributed by atoms with Crippen LogP contribution in [0.4, 0.5) is 0 Å². The fraction of sp³-hybridized carbons (Fsp3) is 0.429. The molecule has 0 aliphatic carbocycles. The van der Waals surface area contributed by atoms with E-state index in [1.165, 1.54) is 29.2 Å². The van der Waals surface area contributed by atoms with Crippen LogP contribution in [0, 0.1) is 0 Å². The predicted molar refractivity (Wildman–Crippen MR) is 78.0 cm³/mol. The molecule has 6 nitrogen and oxygen atoms in total. The first-order chi connectivity index (χ1) is 9.43. The number of carbonyl (C=O) groups is 2. The lowest BCUT2D eigenvalue weighted by Crippen LogP contribution is -2.48. The highest BCUT2D eigenvalue weighted by Gasteiger charge is 2.29. The first-order valence-electron chi connectivity index (χ1n) is 6.27.